The SMILES string of the molecule is CSc1ccc(C(C)NCCC2=CCCC2)cc1. The Kier molecular flexibility index (Phi) is 5.33. The minimum absolute atomic E-state index is 0.447. The maximum atomic E-state index is 3.62. The van der Waals surface area contributed by atoms with E-state index in [4.69, 9.17) is 0 Å². The van der Waals surface area contributed by atoms with Crippen molar-refractivity contribution in [2.75, 3.05) is 12.8 Å². The van der Waals surface area contributed by atoms with Crippen LogP contribution in [0.5, 0.6) is 0 Å². The van der Waals surface area contributed by atoms with Crippen LogP contribution in [0.1, 0.15) is 44.2 Å². The molecule has 0 aromatic heterocycles. The van der Waals surface area contributed by atoms with E-state index in [1.54, 1.807) is 17.3 Å². The van der Waals surface area contributed by atoms with Crippen molar-refractivity contribution in [3.05, 3.63) is 41.5 Å². The molecule has 1 N–H and O–H groups in total. The van der Waals surface area contributed by atoms with Gasteiger partial charge < -0.3 is 5.32 Å². The van der Waals surface area contributed by atoms with E-state index in [1.165, 1.54) is 36.1 Å². The van der Waals surface area contributed by atoms with Gasteiger partial charge in [-0.25, -0.2) is 0 Å². The molecule has 2 rings (SSSR count). The minimum Gasteiger partial charge on any atom is -0.310 e. The fraction of sp³-hybridized carbons (Fsp3) is 0.500. The molecular formula is C16H23NS. The number of benzene rings is 1. The zero-order valence-corrected chi connectivity index (χ0v) is 12.2. The van der Waals surface area contributed by atoms with Crippen molar-refractivity contribution < 1.29 is 0 Å². The monoisotopic (exact) mass is 261 g/mol. The first-order chi connectivity index (χ1) is 8.79. The second-order valence-electron chi connectivity index (χ2n) is 4.95. The summed E-state index contributed by atoms with van der Waals surface area (Å²) in [5, 5.41) is 3.62. The highest BCUT2D eigenvalue weighted by Crippen LogP contribution is 2.21. The lowest BCUT2D eigenvalue weighted by Gasteiger charge is -2.15. The average molecular weight is 261 g/mol. The van der Waals surface area contributed by atoms with E-state index < -0.39 is 0 Å². The predicted molar refractivity (Wildman–Crippen MR) is 81.2 cm³/mol. The Bertz CT molecular complexity index is 394. The van der Waals surface area contributed by atoms with Crippen LogP contribution in [-0.4, -0.2) is 12.8 Å². The topological polar surface area (TPSA) is 12.0 Å². The van der Waals surface area contributed by atoms with Crippen molar-refractivity contribution in [3.63, 3.8) is 0 Å². The number of allylic oxidation sites excluding steroid dienone is 1. The predicted octanol–water partition coefficient (Wildman–Crippen LogP) is 4.56. The summed E-state index contributed by atoms with van der Waals surface area (Å²) in [4.78, 5) is 1.34. The Morgan fingerprint density at radius 2 is 2.06 bits per heavy atom. The van der Waals surface area contributed by atoms with Crippen molar-refractivity contribution in [3.8, 4) is 0 Å². The van der Waals surface area contributed by atoms with Gasteiger partial charge in [0.1, 0.15) is 0 Å². The normalized spacial score (nSPS) is 16.7. The number of rotatable bonds is 6. The lowest BCUT2D eigenvalue weighted by molar-refractivity contribution is 0.572. The van der Waals surface area contributed by atoms with Crippen LogP contribution < -0.4 is 5.32 Å². The van der Waals surface area contributed by atoms with Crippen LogP contribution in [0, 0.1) is 0 Å². The van der Waals surface area contributed by atoms with E-state index >= 15 is 0 Å². The average Bonchev–Trinajstić information content (AvgIpc) is 2.92. The van der Waals surface area contributed by atoms with Crippen LogP contribution in [0.2, 0.25) is 0 Å². The van der Waals surface area contributed by atoms with Gasteiger partial charge in [0.15, 0.2) is 0 Å². The molecule has 1 aromatic rings. The van der Waals surface area contributed by atoms with Gasteiger partial charge in [-0.1, -0.05) is 23.8 Å². The van der Waals surface area contributed by atoms with Crippen LogP contribution in [0.25, 0.3) is 0 Å². The quantitative estimate of drug-likeness (QED) is 0.595. The fourth-order valence-electron chi connectivity index (χ4n) is 2.42. The molecule has 0 saturated heterocycles. The maximum absolute atomic E-state index is 3.62. The van der Waals surface area contributed by atoms with Gasteiger partial charge >= 0.3 is 0 Å². The summed E-state index contributed by atoms with van der Waals surface area (Å²) in [5.41, 5.74) is 3.03. The Morgan fingerprint density at radius 1 is 1.28 bits per heavy atom. The first kappa shape index (κ1) is 13.7. The fourth-order valence-corrected chi connectivity index (χ4v) is 2.83. The van der Waals surface area contributed by atoms with Gasteiger partial charge in [-0.15, -0.1) is 11.8 Å². The van der Waals surface area contributed by atoms with Crippen LogP contribution in [0.3, 0.4) is 0 Å². The van der Waals surface area contributed by atoms with Crippen molar-refractivity contribution in [1.29, 1.82) is 0 Å². The number of hydrogen-bond acceptors (Lipinski definition) is 2. The molecule has 0 spiro atoms. The minimum atomic E-state index is 0.447. The van der Waals surface area contributed by atoms with Gasteiger partial charge in [0.2, 0.25) is 0 Å². The third-order valence-electron chi connectivity index (χ3n) is 3.65. The molecule has 0 saturated carbocycles. The standard InChI is InChI=1S/C16H23NS/c1-13(15-7-9-16(18-2)10-8-15)17-12-11-14-5-3-4-6-14/h5,7-10,13,17H,3-4,6,11-12H2,1-2H3. The summed E-state index contributed by atoms with van der Waals surface area (Å²) in [7, 11) is 0. The van der Waals surface area contributed by atoms with Crippen LogP contribution in [-0.2, 0) is 0 Å². The van der Waals surface area contributed by atoms with Crippen LogP contribution in [0.4, 0.5) is 0 Å². The largest absolute Gasteiger partial charge is 0.310 e. The molecule has 1 aliphatic carbocycles. The Labute approximate surface area is 115 Å². The Morgan fingerprint density at radius 3 is 2.67 bits per heavy atom. The molecule has 1 aromatic carbocycles. The van der Waals surface area contributed by atoms with Gasteiger partial charge in [0.05, 0.1) is 0 Å². The summed E-state index contributed by atoms with van der Waals surface area (Å²) in [5.74, 6) is 0. The lowest BCUT2D eigenvalue weighted by Crippen LogP contribution is -2.20. The zero-order chi connectivity index (χ0) is 12.8. The molecule has 0 amide bonds. The second-order valence-corrected chi connectivity index (χ2v) is 5.83. The van der Waals surface area contributed by atoms with E-state index in [-0.39, 0.29) is 0 Å². The molecule has 18 heavy (non-hydrogen) atoms. The van der Waals surface area contributed by atoms with E-state index in [1.807, 2.05) is 0 Å². The molecule has 98 valence electrons. The van der Waals surface area contributed by atoms with Gasteiger partial charge in [-0.05, 0) is 63.1 Å². The molecule has 1 unspecified atom stereocenters. The zero-order valence-electron chi connectivity index (χ0n) is 11.4. The van der Waals surface area contributed by atoms with E-state index in [2.05, 4.69) is 48.8 Å². The lowest BCUT2D eigenvalue weighted by atomic mass is 10.1. The summed E-state index contributed by atoms with van der Waals surface area (Å²) in [6.07, 6.45) is 9.72. The Balaban J connectivity index is 1.77. The molecular weight excluding hydrogens is 238 g/mol. The summed E-state index contributed by atoms with van der Waals surface area (Å²) in [6.45, 7) is 3.34. The maximum Gasteiger partial charge on any atom is 0.0291 e. The van der Waals surface area contributed by atoms with Crippen LogP contribution >= 0.6 is 11.8 Å². The van der Waals surface area contributed by atoms with E-state index in [0.29, 0.717) is 6.04 Å². The third-order valence-corrected chi connectivity index (χ3v) is 4.39. The van der Waals surface area contributed by atoms with Crippen molar-refractivity contribution >= 4 is 11.8 Å². The highest BCUT2D eigenvalue weighted by Gasteiger charge is 2.07. The van der Waals surface area contributed by atoms with Crippen molar-refractivity contribution in [1.82, 2.24) is 5.32 Å². The van der Waals surface area contributed by atoms with Gasteiger partial charge in [-0.3, -0.25) is 0 Å². The molecule has 1 nitrogen and oxygen atoms in total. The van der Waals surface area contributed by atoms with Gasteiger partial charge in [-0.2, -0.15) is 0 Å². The van der Waals surface area contributed by atoms with Crippen molar-refractivity contribution in [2.24, 2.45) is 0 Å². The first-order valence-electron chi connectivity index (χ1n) is 6.85. The summed E-state index contributed by atoms with van der Waals surface area (Å²) < 4.78 is 0. The number of nitrogens with one attached hydrogen (secondary N) is 1. The van der Waals surface area contributed by atoms with Gasteiger partial charge in [0, 0.05) is 10.9 Å². The summed E-state index contributed by atoms with van der Waals surface area (Å²) in [6, 6.07) is 9.33. The van der Waals surface area contributed by atoms with E-state index in [0.717, 1.165) is 6.54 Å². The van der Waals surface area contributed by atoms with Crippen LogP contribution in [0.15, 0.2) is 40.8 Å². The highest BCUT2D eigenvalue weighted by atomic mass is 32.2. The van der Waals surface area contributed by atoms with Crippen molar-refractivity contribution in [2.45, 2.75) is 43.5 Å². The molecule has 1 aliphatic rings. The highest BCUT2D eigenvalue weighted by molar-refractivity contribution is 7.98. The third kappa shape index (κ3) is 3.89. The molecule has 2 heteroatoms. The van der Waals surface area contributed by atoms with Gasteiger partial charge in [0.25, 0.3) is 0 Å². The first-order valence-corrected chi connectivity index (χ1v) is 8.07. The molecule has 0 aliphatic heterocycles. The summed E-state index contributed by atoms with van der Waals surface area (Å²) >= 11 is 1.80. The number of hydrogen-bond donors (Lipinski definition) is 1. The smallest absolute Gasteiger partial charge is 0.0291 e. The molecule has 1 atom stereocenters. The molecule has 0 heterocycles. The molecule has 0 fully saturated rings. The Hall–Kier alpha value is -0.730. The molecule has 0 bridgehead atoms. The number of thioether (sulfide) groups is 1. The second kappa shape index (κ2) is 7.01. The molecule has 0 radical (unpaired) electrons. The van der Waals surface area contributed by atoms with E-state index in [9.17, 15) is 0 Å².